The molecule has 0 radical (unpaired) electrons. The summed E-state index contributed by atoms with van der Waals surface area (Å²) in [5.74, 6) is -0.702. The minimum atomic E-state index is -0.767. The number of para-hydroxylation sites is 1. The third-order valence-corrected chi connectivity index (χ3v) is 4.49. The van der Waals surface area contributed by atoms with Gasteiger partial charge in [-0.1, -0.05) is 45.0 Å². The fourth-order valence-corrected chi connectivity index (χ4v) is 2.71. The van der Waals surface area contributed by atoms with E-state index in [0.717, 1.165) is 0 Å². The second-order valence-electron chi connectivity index (χ2n) is 8.04. The van der Waals surface area contributed by atoms with E-state index in [1.165, 1.54) is 5.56 Å². The summed E-state index contributed by atoms with van der Waals surface area (Å²) in [6.07, 6.45) is -0.726. The molecule has 7 nitrogen and oxygen atoms in total. The van der Waals surface area contributed by atoms with Crippen molar-refractivity contribution in [1.82, 2.24) is 5.32 Å². The molecule has 3 amide bonds. The van der Waals surface area contributed by atoms with Crippen molar-refractivity contribution >= 4 is 23.4 Å². The molecular formula is C23H29N3O4. The van der Waals surface area contributed by atoms with Crippen LogP contribution in [0.3, 0.4) is 0 Å². The molecule has 0 aliphatic carbocycles. The van der Waals surface area contributed by atoms with Crippen molar-refractivity contribution < 1.29 is 19.1 Å². The van der Waals surface area contributed by atoms with Crippen LogP contribution in [0.1, 0.15) is 50.0 Å². The zero-order chi connectivity index (χ0) is 22.3. The van der Waals surface area contributed by atoms with Crippen LogP contribution in [0.25, 0.3) is 0 Å². The number of carbonyl (C=O) groups excluding carboxylic acids is 3. The second-order valence-corrected chi connectivity index (χ2v) is 8.04. The molecule has 0 saturated heterocycles. The molecule has 1 atom stereocenters. The average Bonchev–Trinajstić information content (AvgIpc) is 2.67. The lowest BCUT2D eigenvalue weighted by atomic mass is 9.87. The summed E-state index contributed by atoms with van der Waals surface area (Å²) < 4.78 is 5.74. The van der Waals surface area contributed by atoms with Crippen LogP contribution in [0, 0.1) is 0 Å². The van der Waals surface area contributed by atoms with Gasteiger partial charge in [0.1, 0.15) is 5.75 Å². The Morgan fingerprint density at radius 1 is 1.03 bits per heavy atom. The third kappa shape index (κ3) is 6.62. The smallest absolute Gasteiger partial charge is 0.265 e. The Balaban J connectivity index is 2.01. The van der Waals surface area contributed by atoms with Crippen molar-refractivity contribution in [3.63, 3.8) is 0 Å². The highest BCUT2D eigenvalue weighted by Gasteiger charge is 2.19. The molecule has 2 rings (SSSR count). The second kappa shape index (κ2) is 9.91. The normalized spacial score (nSPS) is 12.0. The molecule has 0 heterocycles. The summed E-state index contributed by atoms with van der Waals surface area (Å²) in [4.78, 5) is 35.8. The predicted molar refractivity (Wildman–Crippen MR) is 116 cm³/mol. The van der Waals surface area contributed by atoms with Crippen LogP contribution in [0.5, 0.6) is 5.75 Å². The lowest BCUT2D eigenvalue weighted by Gasteiger charge is -2.20. The van der Waals surface area contributed by atoms with E-state index in [1.807, 2.05) is 24.3 Å². The van der Waals surface area contributed by atoms with Crippen molar-refractivity contribution in [2.24, 2.45) is 5.73 Å². The molecule has 2 aromatic carbocycles. The standard InChI is InChI=1S/C23H29N3O4/c1-15(30-17-11-9-16(10-12-17)23(2,3)4)21(28)26-19-8-6-5-7-18(19)22(29)25-14-13-20(24)27/h5-12,15H,13-14H2,1-4H3,(H2,24,27)(H,25,29)(H,26,28). The number of benzene rings is 2. The first-order valence-corrected chi connectivity index (χ1v) is 9.81. The Labute approximate surface area is 177 Å². The lowest BCUT2D eigenvalue weighted by Crippen LogP contribution is -2.32. The van der Waals surface area contributed by atoms with Crippen LogP contribution in [-0.2, 0) is 15.0 Å². The van der Waals surface area contributed by atoms with E-state index in [2.05, 4.69) is 31.4 Å². The van der Waals surface area contributed by atoms with Crippen molar-refractivity contribution in [2.45, 2.75) is 45.6 Å². The molecule has 1 unspecified atom stereocenters. The topological polar surface area (TPSA) is 111 Å². The molecule has 160 valence electrons. The van der Waals surface area contributed by atoms with E-state index in [4.69, 9.17) is 10.5 Å². The van der Waals surface area contributed by atoms with Crippen molar-refractivity contribution in [3.8, 4) is 5.75 Å². The highest BCUT2D eigenvalue weighted by atomic mass is 16.5. The number of hydrogen-bond acceptors (Lipinski definition) is 4. The van der Waals surface area contributed by atoms with E-state index >= 15 is 0 Å². The number of primary amides is 1. The zero-order valence-corrected chi connectivity index (χ0v) is 17.8. The molecule has 0 aliphatic rings. The fraction of sp³-hybridized carbons (Fsp3) is 0.348. The molecule has 0 aliphatic heterocycles. The molecule has 0 spiro atoms. The van der Waals surface area contributed by atoms with Gasteiger partial charge in [-0.05, 0) is 42.2 Å². The van der Waals surface area contributed by atoms with E-state index in [9.17, 15) is 14.4 Å². The van der Waals surface area contributed by atoms with Crippen molar-refractivity contribution in [3.05, 3.63) is 59.7 Å². The maximum Gasteiger partial charge on any atom is 0.265 e. The van der Waals surface area contributed by atoms with E-state index < -0.39 is 17.9 Å². The number of nitrogens with one attached hydrogen (secondary N) is 2. The Morgan fingerprint density at radius 3 is 2.27 bits per heavy atom. The number of nitrogens with two attached hydrogens (primary N) is 1. The van der Waals surface area contributed by atoms with Gasteiger partial charge in [-0.3, -0.25) is 14.4 Å². The summed E-state index contributed by atoms with van der Waals surface area (Å²) in [5, 5.41) is 5.34. The van der Waals surface area contributed by atoms with Gasteiger partial charge in [-0.25, -0.2) is 0 Å². The molecular weight excluding hydrogens is 382 g/mol. The van der Waals surface area contributed by atoms with Gasteiger partial charge in [-0.2, -0.15) is 0 Å². The quantitative estimate of drug-likeness (QED) is 0.620. The van der Waals surface area contributed by atoms with Crippen molar-refractivity contribution in [2.75, 3.05) is 11.9 Å². The van der Waals surface area contributed by atoms with E-state index in [1.54, 1.807) is 31.2 Å². The zero-order valence-electron chi connectivity index (χ0n) is 17.8. The van der Waals surface area contributed by atoms with Gasteiger partial charge in [0.25, 0.3) is 11.8 Å². The number of hydrogen-bond donors (Lipinski definition) is 3. The number of carbonyl (C=O) groups is 3. The molecule has 4 N–H and O–H groups in total. The Kier molecular flexibility index (Phi) is 7.58. The molecule has 0 bridgehead atoms. The van der Waals surface area contributed by atoms with Crippen LogP contribution in [0.2, 0.25) is 0 Å². The molecule has 7 heteroatoms. The molecule has 2 aromatic rings. The number of amides is 3. The van der Waals surface area contributed by atoms with Crippen molar-refractivity contribution in [1.29, 1.82) is 0 Å². The van der Waals surface area contributed by atoms with Crippen LogP contribution in [-0.4, -0.2) is 30.4 Å². The minimum absolute atomic E-state index is 0.0310. The lowest BCUT2D eigenvalue weighted by molar-refractivity contribution is -0.122. The van der Waals surface area contributed by atoms with Gasteiger partial charge >= 0.3 is 0 Å². The largest absolute Gasteiger partial charge is 0.481 e. The third-order valence-electron chi connectivity index (χ3n) is 4.49. The fourth-order valence-electron chi connectivity index (χ4n) is 2.71. The molecule has 0 aromatic heterocycles. The van der Waals surface area contributed by atoms with E-state index in [-0.39, 0.29) is 29.9 Å². The summed E-state index contributed by atoms with van der Waals surface area (Å²) in [6, 6.07) is 14.3. The van der Waals surface area contributed by atoms with Gasteiger partial charge in [0.2, 0.25) is 5.91 Å². The minimum Gasteiger partial charge on any atom is -0.481 e. The monoisotopic (exact) mass is 411 g/mol. The van der Waals surface area contributed by atoms with Gasteiger partial charge < -0.3 is 21.1 Å². The first-order chi connectivity index (χ1) is 14.1. The molecule has 30 heavy (non-hydrogen) atoms. The summed E-state index contributed by atoms with van der Waals surface area (Å²) in [7, 11) is 0. The predicted octanol–water partition coefficient (Wildman–Crippen LogP) is 3.00. The maximum absolute atomic E-state index is 12.6. The molecule has 0 saturated carbocycles. The first kappa shape index (κ1) is 22.9. The maximum atomic E-state index is 12.6. The van der Waals surface area contributed by atoms with Gasteiger partial charge in [-0.15, -0.1) is 0 Å². The van der Waals surface area contributed by atoms with E-state index in [0.29, 0.717) is 11.4 Å². The number of rotatable bonds is 8. The van der Waals surface area contributed by atoms with Gasteiger partial charge in [0.05, 0.1) is 11.3 Å². The Bertz CT molecular complexity index is 901. The van der Waals surface area contributed by atoms with Crippen LogP contribution >= 0.6 is 0 Å². The van der Waals surface area contributed by atoms with Gasteiger partial charge in [0, 0.05) is 13.0 Å². The number of anilines is 1. The average molecular weight is 412 g/mol. The van der Waals surface area contributed by atoms with Gasteiger partial charge in [0.15, 0.2) is 6.10 Å². The van der Waals surface area contributed by atoms with Crippen LogP contribution < -0.4 is 21.1 Å². The van der Waals surface area contributed by atoms with Crippen LogP contribution in [0.15, 0.2) is 48.5 Å². The highest BCUT2D eigenvalue weighted by molar-refractivity contribution is 6.04. The Hall–Kier alpha value is -3.35. The summed E-state index contributed by atoms with van der Waals surface area (Å²) in [5.41, 5.74) is 6.93. The van der Waals surface area contributed by atoms with Crippen LogP contribution in [0.4, 0.5) is 5.69 Å². The summed E-state index contributed by atoms with van der Waals surface area (Å²) in [6.45, 7) is 8.14. The first-order valence-electron chi connectivity index (χ1n) is 9.81. The highest BCUT2D eigenvalue weighted by Crippen LogP contribution is 2.25. The summed E-state index contributed by atoms with van der Waals surface area (Å²) >= 11 is 0. The Morgan fingerprint density at radius 2 is 1.67 bits per heavy atom. The number of ether oxygens (including phenoxy) is 1. The SMILES string of the molecule is CC(Oc1ccc(C(C)(C)C)cc1)C(=O)Nc1ccccc1C(=O)NCCC(N)=O. The molecule has 0 fully saturated rings.